The Kier molecular flexibility index (Phi) is 8.83. The van der Waals surface area contributed by atoms with Gasteiger partial charge < -0.3 is 5.73 Å². The van der Waals surface area contributed by atoms with Gasteiger partial charge in [0.1, 0.15) is 0 Å². The van der Waals surface area contributed by atoms with E-state index in [-0.39, 0.29) is 5.54 Å². The molecule has 1 aliphatic carbocycles. The molecule has 0 aliphatic heterocycles. The van der Waals surface area contributed by atoms with Crippen LogP contribution in [0.15, 0.2) is 30.3 Å². The fraction of sp³-hybridized carbons (Fsp3) is 0.727. The minimum absolute atomic E-state index is 0.198. The number of benzene rings is 1. The van der Waals surface area contributed by atoms with Crippen molar-refractivity contribution in [3.63, 3.8) is 0 Å². The molecule has 1 aromatic carbocycles. The van der Waals surface area contributed by atoms with Crippen molar-refractivity contribution in [2.45, 2.75) is 89.6 Å². The van der Waals surface area contributed by atoms with Gasteiger partial charge in [-0.05, 0) is 24.9 Å². The first-order chi connectivity index (χ1) is 11.8. The molecule has 0 heterocycles. The smallest absolute Gasteiger partial charge is 0.0335 e. The average molecular weight is 331 g/mol. The number of hydrogen-bond donors (Lipinski definition) is 1. The van der Waals surface area contributed by atoms with E-state index in [1.807, 2.05) is 0 Å². The van der Waals surface area contributed by atoms with Crippen LogP contribution >= 0.6 is 0 Å². The Morgan fingerprint density at radius 2 is 1.33 bits per heavy atom. The van der Waals surface area contributed by atoms with Gasteiger partial charge in [0.25, 0.3) is 0 Å². The lowest BCUT2D eigenvalue weighted by Crippen LogP contribution is -2.53. The van der Waals surface area contributed by atoms with E-state index in [2.05, 4.69) is 42.2 Å². The molecule has 24 heavy (non-hydrogen) atoms. The molecule has 0 aromatic heterocycles. The van der Waals surface area contributed by atoms with Crippen LogP contribution in [-0.2, 0) is 6.54 Å². The summed E-state index contributed by atoms with van der Waals surface area (Å²) in [4.78, 5) is 2.67. The van der Waals surface area contributed by atoms with Gasteiger partial charge in [0.05, 0.1) is 0 Å². The monoisotopic (exact) mass is 330 g/mol. The SMILES string of the molecule is CCN(Cc1ccccc1)C1(CN)CCCCCCCCCCC1. The minimum Gasteiger partial charge on any atom is -0.329 e. The second kappa shape index (κ2) is 10.9. The highest BCUT2D eigenvalue weighted by atomic mass is 15.2. The quantitative estimate of drug-likeness (QED) is 0.771. The van der Waals surface area contributed by atoms with E-state index in [9.17, 15) is 0 Å². The van der Waals surface area contributed by atoms with Crippen molar-refractivity contribution in [2.24, 2.45) is 5.73 Å². The zero-order valence-electron chi connectivity index (χ0n) is 15.8. The Hall–Kier alpha value is -0.860. The molecule has 0 amide bonds. The van der Waals surface area contributed by atoms with E-state index in [4.69, 9.17) is 5.73 Å². The molecular weight excluding hydrogens is 292 g/mol. The van der Waals surface area contributed by atoms with Gasteiger partial charge in [0.2, 0.25) is 0 Å². The molecule has 1 fully saturated rings. The third-order valence-electron chi connectivity index (χ3n) is 5.93. The summed E-state index contributed by atoms with van der Waals surface area (Å²) in [6.07, 6.45) is 15.1. The Balaban J connectivity index is 2.09. The lowest BCUT2D eigenvalue weighted by atomic mass is 9.83. The highest BCUT2D eigenvalue weighted by molar-refractivity contribution is 5.15. The summed E-state index contributed by atoms with van der Waals surface area (Å²) in [6.45, 7) is 5.23. The lowest BCUT2D eigenvalue weighted by molar-refractivity contribution is 0.0678. The van der Waals surface area contributed by atoms with Gasteiger partial charge >= 0.3 is 0 Å². The van der Waals surface area contributed by atoms with E-state index in [0.29, 0.717) is 0 Å². The van der Waals surface area contributed by atoms with Gasteiger partial charge in [-0.3, -0.25) is 4.90 Å². The Labute approximate surface area is 149 Å². The largest absolute Gasteiger partial charge is 0.329 e. The summed E-state index contributed by atoms with van der Waals surface area (Å²) >= 11 is 0. The van der Waals surface area contributed by atoms with Crippen molar-refractivity contribution in [3.05, 3.63) is 35.9 Å². The first kappa shape index (κ1) is 19.5. The summed E-state index contributed by atoms with van der Waals surface area (Å²) in [6, 6.07) is 10.9. The van der Waals surface area contributed by atoms with Gasteiger partial charge in [-0.2, -0.15) is 0 Å². The summed E-state index contributed by atoms with van der Waals surface area (Å²) in [5.74, 6) is 0. The van der Waals surface area contributed by atoms with Crippen LogP contribution in [-0.4, -0.2) is 23.5 Å². The molecule has 2 rings (SSSR count). The Morgan fingerprint density at radius 1 is 0.833 bits per heavy atom. The molecule has 0 saturated heterocycles. The van der Waals surface area contributed by atoms with Crippen LogP contribution in [0, 0.1) is 0 Å². The molecule has 1 aromatic rings. The van der Waals surface area contributed by atoms with E-state index < -0.39 is 0 Å². The van der Waals surface area contributed by atoms with Crippen LogP contribution in [0.4, 0.5) is 0 Å². The molecule has 1 aliphatic rings. The maximum atomic E-state index is 6.41. The zero-order chi connectivity index (χ0) is 17.1. The van der Waals surface area contributed by atoms with Gasteiger partial charge in [-0.25, -0.2) is 0 Å². The van der Waals surface area contributed by atoms with Crippen molar-refractivity contribution in [1.29, 1.82) is 0 Å². The van der Waals surface area contributed by atoms with Crippen LogP contribution < -0.4 is 5.73 Å². The molecular formula is C22H38N2. The van der Waals surface area contributed by atoms with Gasteiger partial charge in [-0.15, -0.1) is 0 Å². The predicted molar refractivity (Wildman–Crippen MR) is 105 cm³/mol. The summed E-state index contributed by atoms with van der Waals surface area (Å²) in [5.41, 5.74) is 8.02. The van der Waals surface area contributed by atoms with Crippen LogP contribution in [0.1, 0.15) is 83.1 Å². The van der Waals surface area contributed by atoms with Crippen LogP contribution in [0.3, 0.4) is 0 Å². The number of nitrogens with zero attached hydrogens (tertiary/aromatic N) is 1. The number of rotatable bonds is 5. The third-order valence-corrected chi connectivity index (χ3v) is 5.93. The lowest BCUT2D eigenvalue weighted by Gasteiger charge is -2.44. The summed E-state index contributed by atoms with van der Waals surface area (Å²) in [5, 5.41) is 0. The fourth-order valence-electron chi connectivity index (χ4n) is 4.34. The second-order valence-corrected chi connectivity index (χ2v) is 7.61. The van der Waals surface area contributed by atoms with Gasteiger partial charge in [0, 0.05) is 18.6 Å². The van der Waals surface area contributed by atoms with E-state index >= 15 is 0 Å². The highest BCUT2D eigenvalue weighted by Crippen LogP contribution is 2.31. The van der Waals surface area contributed by atoms with Crippen LogP contribution in [0.2, 0.25) is 0 Å². The molecule has 0 bridgehead atoms. The zero-order valence-corrected chi connectivity index (χ0v) is 15.8. The number of hydrogen-bond acceptors (Lipinski definition) is 2. The van der Waals surface area contributed by atoms with Crippen LogP contribution in [0.5, 0.6) is 0 Å². The maximum Gasteiger partial charge on any atom is 0.0335 e. The van der Waals surface area contributed by atoms with Crippen LogP contribution in [0.25, 0.3) is 0 Å². The molecule has 2 N–H and O–H groups in total. The Morgan fingerprint density at radius 3 is 1.79 bits per heavy atom. The molecule has 0 unspecified atom stereocenters. The average Bonchev–Trinajstić information content (AvgIpc) is 2.62. The minimum atomic E-state index is 0.198. The predicted octanol–water partition coefficient (Wildman–Crippen LogP) is 5.51. The van der Waals surface area contributed by atoms with E-state index in [1.54, 1.807) is 0 Å². The summed E-state index contributed by atoms with van der Waals surface area (Å²) in [7, 11) is 0. The first-order valence-corrected chi connectivity index (χ1v) is 10.3. The molecule has 0 atom stereocenters. The number of likely N-dealkylation sites (N-methyl/N-ethyl adjacent to an activating group) is 1. The third kappa shape index (κ3) is 5.89. The maximum absolute atomic E-state index is 6.41. The number of nitrogens with two attached hydrogens (primary N) is 1. The highest BCUT2D eigenvalue weighted by Gasteiger charge is 2.33. The van der Waals surface area contributed by atoms with Crippen molar-refractivity contribution in [2.75, 3.05) is 13.1 Å². The second-order valence-electron chi connectivity index (χ2n) is 7.61. The first-order valence-electron chi connectivity index (χ1n) is 10.3. The van der Waals surface area contributed by atoms with Crippen molar-refractivity contribution in [1.82, 2.24) is 4.90 Å². The molecule has 0 spiro atoms. The van der Waals surface area contributed by atoms with Gasteiger partial charge in [0.15, 0.2) is 0 Å². The molecule has 2 nitrogen and oxygen atoms in total. The molecule has 1 saturated carbocycles. The molecule has 0 radical (unpaired) electrons. The van der Waals surface area contributed by atoms with Gasteiger partial charge in [-0.1, -0.05) is 95.0 Å². The molecule has 136 valence electrons. The van der Waals surface area contributed by atoms with E-state index in [0.717, 1.165) is 19.6 Å². The van der Waals surface area contributed by atoms with Crippen molar-refractivity contribution < 1.29 is 0 Å². The van der Waals surface area contributed by atoms with Crippen molar-refractivity contribution in [3.8, 4) is 0 Å². The Bertz CT molecular complexity index is 417. The van der Waals surface area contributed by atoms with E-state index in [1.165, 1.54) is 76.2 Å². The topological polar surface area (TPSA) is 29.3 Å². The summed E-state index contributed by atoms with van der Waals surface area (Å²) < 4.78 is 0. The normalized spacial score (nSPS) is 20.3. The molecule has 2 heteroatoms. The fourth-order valence-corrected chi connectivity index (χ4v) is 4.34. The van der Waals surface area contributed by atoms with Crippen molar-refractivity contribution >= 4 is 0 Å². The standard InChI is InChI=1S/C22H38N2/c1-2-24(19-21-15-11-10-12-16-21)22(20-23)17-13-8-6-4-3-5-7-9-14-18-22/h10-12,15-16H,2-9,13-14,17-20,23H2,1H3.